The number of rotatable bonds is 13. The molecule has 0 unspecified atom stereocenters. The molecule has 3 rings (SSSR count). The summed E-state index contributed by atoms with van der Waals surface area (Å²) in [6.07, 6.45) is -3.02. The summed E-state index contributed by atoms with van der Waals surface area (Å²) in [6.45, 7) is 3.13. The van der Waals surface area contributed by atoms with Gasteiger partial charge in [0.15, 0.2) is 6.10 Å². The molecule has 0 saturated carbocycles. The molecule has 2 aromatic carbocycles. The van der Waals surface area contributed by atoms with Crippen LogP contribution in [0.4, 0.5) is 4.79 Å². The van der Waals surface area contributed by atoms with E-state index in [1.807, 2.05) is 0 Å². The number of esters is 1. The van der Waals surface area contributed by atoms with Crippen molar-refractivity contribution in [2.24, 2.45) is 0 Å². The van der Waals surface area contributed by atoms with E-state index >= 15 is 0 Å². The summed E-state index contributed by atoms with van der Waals surface area (Å²) in [4.78, 5) is 25.7. The fraction of sp³-hybridized carbons (Fsp3) is 0.500. The number of nitrogens with one attached hydrogen (secondary N) is 1. The quantitative estimate of drug-likeness (QED) is 0.250. The van der Waals surface area contributed by atoms with Crippen LogP contribution in [0.2, 0.25) is 0 Å². The molecule has 3 atom stereocenters. The van der Waals surface area contributed by atoms with Crippen LogP contribution in [0.3, 0.4) is 0 Å². The highest BCUT2D eigenvalue weighted by Crippen LogP contribution is 2.38. The molecular formula is C28H37NO12S2. The van der Waals surface area contributed by atoms with Crippen molar-refractivity contribution in [3.8, 4) is 0 Å². The Morgan fingerprint density at radius 1 is 0.884 bits per heavy atom. The number of hydrogen-bond acceptors (Lipinski definition) is 12. The van der Waals surface area contributed by atoms with Gasteiger partial charge in [0.05, 0.1) is 31.2 Å². The minimum atomic E-state index is -4.08. The minimum Gasteiger partial charge on any atom is -0.453 e. The molecule has 0 spiro atoms. The Balaban J connectivity index is 2.05. The predicted molar refractivity (Wildman–Crippen MR) is 154 cm³/mol. The van der Waals surface area contributed by atoms with Crippen LogP contribution in [0, 0.1) is 0 Å². The van der Waals surface area contributed by atoms with E-state index in [0.717, 1.165) is 12.5 Å². The van der Waals surface area contributed by atoms with E-state index in [1.54, 1.807) is 69.3 Å². The molecule has 1 N–H and O–H groups in total. The van der Waals surface area contributed by atoms with Crippen molar-refractivity contribution in [1.82, 2.24) is 5.32 Å². The van der Waals surface area contributed by atoms with Gasteiger partial charge in [-0.3, -0.25) is 8.37 Å². The second kappa shape index (κ2) is 14.1. The summed E-state index contributed by atoms with van der Waals surface area (Å²) in [6, 6.07) is 16.9. The number of alkyl carbamates (subject to hydrolysis) is 1. The maximum Gasteiger partial charge on any atom is 0.407 e. The van der Waals surface area contributed by atoms with Crippen LogP contribution in [0.25, 0.3) is 0 Å². The molecule has 1 fully saturated rings. The van der Waals surface area contributed by atoms with E-state index in [4.69, 9.17) is 27.3 Å². The van der Waals surface area contributed by atoms with Gasteiger partial charge in [0.1, 0.15) is 36.6 Å². The number of carbonyl (C=O) groups excluding carboxylic acids is 2. The van der Waals surface area contributed by atoms with Crippen LogP contribution < -0.4 is 5.32 Å². The number of carbonyl (C=O) groups is 2. The van der Waals surface area contributed by atoms with E-state index in [9.17, 15) is 26.4 Å². The van der Waals surface area contributed by atoms with E-state index < -0.39 is 75.0 Å². The van der Waals surface area contributed by atoms with Gasteiger partial charge in [-0.25, -0.2) is 9.59 Å². The van der Waals surface area contributed by atoms with Crippen molar-refractivity contribution in [1.29, 1.82) is 0 Å². The molecule has 0 radical (unpaired) electrons. The van der Waals surface area contributed by atoms with Gasteiger partial charge in [-0.05, 0) is 38.5 Å². The van der Waals surface area contributed by atoms with Crippen LogP contribution in [0.15, 0.2) is 60.7 Å². The number of ether oxygens (including phenoxy) is 4. The standard InChI is InChI=1S/C28H37NO12S2/c1-27(2,3)41-26(31)29-16-22-23(39-25(30)21-14-10-7-11-15-21)24(36-17-20-12-8-6-9-13-20)28(40-22,18-37-42(4,32)33)19-38-43(5,34)35/h6-15,22-24H,16-19H2,1-5H3,(H,29,31)/t22-,23-,24-/m0/s1. The highest BCUT2D eigenvalue weighted by atomic mass is 32.2. The molecule has 1 aliphatic rings. The second-order valence-corrected chi connectivity index (χ2v) is 14.3. The lowest BCUT2D eigenvalue weighted by Gasteiger charge is -2.33. The molecule has 0 aromatic heterocycles. The summed E-state index contributed by atoms with van der Waals surface area (Å²) >= 11 is 0. The molecule has 1 amide bonds. The molecule has 0 bridgehead atoms. The van der Waals surface area contributed by atoms with Crippen molar-refractivity contribution in [2.75, 3.05) is 32.3 Å². The van der Waals surface area contributed by atoms with Gasteiger partial charge in [0, 0.05) is 0 Å². The lowest BCUT2D eigenvalue weighted by molar-refractivity contribution is -0.144. The Hall–Kier alpha value is -3.08. The van der Waals surface area contributed by atoms with Crippen molar-refractivity contribution in [3.63, 3.8) is 0 Å². The van der Waals surface area contributed by atoms with Crippen molar-refractivity contribution in [2.45, 2.75) is 56.9 Å². The molecule has 1 aliphatic heterocycles. The zero-order valence-corrected chi connectivity index (χ0v) is 26.2. The lowest BCUT2D eigenvalue weighted by Crippen LogP contribution is -2.53. The normalized spacial score (nSPS) is 20.3. The summed E-state index contributed by atoms with van der Waals surface area (Å²) in [5.74, 6) is -0.770. The first kappa shape index (κ1) is 34.4. The predicted octanol–water partition coefficient (Wildman–Crippen LogP) is 2.41. The Morgan fingerprint density at radius 2 is 1.42 bits per heavy atom. The zero-order valence-electron chi connectivity index (χ0n) is 24.5. The largest absolute Gasteiger partial charge is 0.453 e. The second-order valence-electron chi connectivity index (χ2n) is 11.0. The smallest absolute Gasteiger partial charge is 0.407 e. The Kier molecular flexibility index (Phi) is 11.3. The van der Waals surface area contributed by atoms with E-state index in [0.29, 0.717) is 5.56 Å². The van der Waals surface area contributed by atoms with Gasteiger partial charge >= 0.3 is 12.1 Å². The molecule has 2 aromatic rings. The third-order valence-corrected chi connectivity index (χ3v) is 7.07. The number of amides is 1. The maximum absolute atomic E-state index is 13.2. The average Bonchev–Trinajstić information content (AvgIpc) is 3.20. The van der Waals surface area contributed by atoms with E-state index in [-0.39, 0.29) is 18.7 Å². The minimum absolute atomic E-state index is 0.0695. The van der Waals surface area contributed by atoms with Crippen molar-refractivity contribution < 1.29 is 53.7 Å². The summed E-state index contributed by atoms with van der Waals surface area (Å²) in [7, 11) is -8.16. The van der Waals surface area contributed by atoms with Gasteiger partial charge < -0.3 is 24.3 Å². The topological polar surface area (TPSA) is 170 Å². The van der Waals surface area contributed by atoms with Gasteiger partial charge in [-0.15, -0.1) is 0 Å². The van der Waals surface area contributed by atoms with E-state index in [1.165, 1.54) is 12.1 Å². The van der Waals surface area contributed by atoms with Crippen LogP contribution in [-0.2, 0) is 54.2 Å². The van der Waals surface area contributed by atoms with Gasteiger partial charge in [0.2, 0.25) is 0 Å². The van der Waals surface area contributed by atoms with Gasteiger partial charge in [-0.1, -0.05) is 48.5 Å². The molecule has 0 aliphatic carbocycles. The first-order valence-electron chi connectivity index (χ1n) is 13.2. The van der Waals surface area contributed by atoms with Crippen LogP contribution in [-0.4, -0.2) is 90.7 Å². The fourth-order valence-corrected chi connectivity index (χ4v) is 5.01. The molecule has 15 heteroatoms. The van der Waals surface area contributed by atoms with Crippen LogP contribution >= 0.6 is 0 Å². The summed E-state index contributed by atoms with van der Waals surface area (Å²) in [5, 5.41) is 2.55. The van der Waals surface area contributed by atoms with Crippen molar-refractivity contribution in [3.05, 3.63) is 71.8 Å². The highest BCUT2D eigenvalue weighted by Gasteiger charge is 2.59. The number of hydrogen-bond donors (Lipinski definition) is 1. The SMILES string of the molecule is CC(C)(C)OC(=O)NC[C@@H]1OC(COS(C)(=O)=O)(COS(C)(=O)=O)[C@@H](OCc2ccccc2)[C@H]1OC(=O)c1ccccc1. The van der Waals surface area contributed by atoms with Crippen molar-refractivity contribution >= 4 is 32.3 Å². The molecule has 13 nitrogen and oxygen atoms in total. The lowest BCUT2D eigenvalue weighted by atomic mass is 9.95. The Bertz CT molecular complexity index is 1410. The molecule has 1 heterocycles. The first-order valence-corrected chi connectivity index (χ1v) is 16.8. The summed E-state index contributed by atoms with van der Waals surface area (Å²) < 4.78 is 82.0. The molecule has 43 heavy (non-hydrogen) atoms. The maximum atomic E-state index is 13.2. The van der Waals surface area contributed by atoms with E-state index in [2.05, 4.69) is 5.32 Å². The molecular weight excluding hydrogens is 606 g/mol. The Morgan fingerprint density at radius 3 is 1.93 bits per heavy atom. The average molecular weight is 644 g/mol. The fourth-order valence-electron chi connectivity index (χ4n) is 4.18. The third-order valence-electron chi connectivity index (χ3n) is 5.98. The Labute approximate surface area is 252 Å². The number of benzene rings is 2. The summed E-state index contributed by atoms with van der Waals surface area (Å²) in [5.41, 5.74) is -1.87. The third kappa shape index (κ3) is 11.2. The van der Waals surface area contributed by atoms with Gasteiger partial charge in [0.25, 0.3) is 20.2 Å². The van der Waals surface area contributed by atoms with Gasteiger partial charge in [-0.2, -0.15) is 16.8 Å². The highest BCUT2D eigenvalue weighted by molar-refractivity contribution is 7.86. The van der Waals surface area contributed by atoms with Crippen LogP contribution in [0.1, 0.15) is 36.7 Å². The zero-order chi connectivity index (χ0) is 31.9. The molecule has 1 saturated heterocycles. The first-order chi connectivity index (χ1) is 20.0. The van der Waals surface area contributed by atoms with Crippen LogP contribution in [0.5, 0.6) is 0 Å². The monoisotopic (exact) mass is 643 g/mol. The molecule has 238 valence electrons.